The number of hydrogen-bond donors (Lipinski definition) is 0. The molecule has 3 aliphatic heterocycles. The molecule has 0 aliphatic carbocycles. The van der Waals surface area contributed by atoms with Gasteiger partial charge in [-0.2, -0.15) is 0 Å². The Kier molecular flexibility index (Phi) is 4.25. The summed E-state index contributed by atoms with van der Waals surface area (Å²) in [5, 5.41) is 2.83. The van der Waals surface area contributed by atoms with Crippen molar-refractivity contribution in [2.24, 2.45) is 0 Å². The van der Waals surface area contributed by atoms with E-state index in [-0.39, 0.29) is 24.0 Å². The second-order valence-corrected chi connectivity index (χ2v) is 8.65. The molecule has 2 amide bonds. The minimum atomic E-state index is -0.685. The molecule has 6 nitrogen and oxygen atoms in total. The summed E-state index contributed by atoms with van der Waals surface area (Å²) in [5.74, 6) is -0.00669. The molecule has 146 valence electrons. The maximum absolute atomic E-state index is 13.1. The third-order valence-corrected chi connectivity index (χ3v) is 7.00. The van der Waals surface area contributed by atoms with Crippen LogP contribution in [0.5, 0.6) is 0 Å². The monoisotopic (exact) mass is 397 g/mol. The van der Waals surface area contributed by atoms with Crippen molar-refractivity contribution in [1.82, 2.24) is 14.8 Å². The Bertz CT molecular complexity index is 915. The lowest BCUT2D eigenvalue weighted by Gasteiger charge is -2.31. The van der Waals surface area contributed by atoms with Crippen LogP contribution in [0.3, 0.4) is 0 Å². The van der Waals surface area contributed by atoms with Gasteiger partial charge in [0.25, 0.3) is 5.91 Å². The second-order valence-electron chi connectivity index (χ2n) is 7.71. The van der Waals surface area contributed by atoms with Gasteiger partial charge < -0.3 is 14.5 Å². The van der Waals surface area contributed by atoms with E-state index in [9.17, 15) is 9.59 Å². The Morgan fingerprint density at radius 1 is 1.36 bits per heavy atom. The van der Waals surface area contributed by atoms with E-state index in [1.807, 2.05) is 45.5 Å². The van der Waals surface area contributed by atoms with Crippen LogP contribution in [-0.4, -0.2) is 51.5 Å². The van der Waals surface area contributed by atoms with Crippen LogP contribution in [0.2, 0.25) is 0 Å². The average Bonchev–Trinajstić information content (AvgIpc) is 3.44. The van der Waals surface area contributed by atoms with Gasteiger partial charge in [0.15, 0.2) is 5.72 Å². The van der Waals surface area contributed by atoms with E-state index in [0.717, 1.165) is 23.4 Å². The Hall–Kier alpha value is -2.25. The first-order valence-corrected chi connectivity index (χ1v) is 10.8. The highest BCUT2D eigenvalue weighted by Crippen LogP contribution is 2.50. The number of aromatic nitrogens is 1. The van der Waals surface area contributed by atoms with Crippen molar-refractivity contribution in [1.29, 1.82) is 0 Å². The number of ether oxygens (including phenoxy) is 1. The number of aryl methyl sites for hydroxylation is 1. The Morgan fingerprint density at radius 2 is 2.18 bits per heavy atom. The number of hydrogen-bond acceptors (Lipinski definition) is 5. The molecule has 0 radical (unpaired) electrons. The summed E-state index contributed by atoms with van der Waals surface area (Å²) < 4.78 is 6.51. The van der Waals surface area contributed by atoms with Gasteiger partial charge in [-0.05, 0) is 18.4 Å². The largest absolute Gasteiger partial charge is 0.343 e. The molecule has 1 spiro atoms. The van der Waals surface area contributed by atoms with Crippen LogP contribution >= 0.6 is 11.3 Å². The summed E-state index contributed by atoms with van der Waals surface area (Å²) in [6.45, 7) is 3.25. The summed E-state index contributed by atoms with van der Waals surface area (Å²) in [5.41, 5.74) is 0.885. The van der Waals surface area contributed by atoms with Crippen LogP contribution in [0.25, 0.3) is 0 Å². The molecule has 1 aromatic heterocycles. The third kappa shape index (κ3) is 2.60. The SMILES string of the molecule is CCCc1nc(C(=O)N2CC[C@@]34O[C@@H](c5ccccc5)CN3C(=O)C[C@@H]24)cs1. The number of carbonyl (C=O) groups is 2. The first kappa shape index (κ1) is 17.8. The lowest BCUT2D eigenvalue weighted by Crippen LogP contribution is -2.48. The van der Waals surface area contributed by atoms with Gasteiger partial charge in [-0.3, -0.25) is 9.59 Å². The number of rotatable bonds is 4. The fourth-order valence-corrected chi connectivity index (χ4v) is 5.67. The van der Waals surface area contributed by atoms with Gasteiger partial charge in [0.2, 0.25) is 5.91 Å². The van der Waals surface area contributed by atoms with E-state index in [1.165, 1.54) is 11.3 Å². The third-order valence-electron chi connectivity index (χ3n) is 6.10. The van der Waals surface area contributed by atoms with Crippen molar-refractivity contribution in [2.45, 2.75) is 50.5 Å². The van der Waals surface area contributed by atoms with E-state index in [0.29, 0.717) is 31.6 Å². The molecule has 3 fully saturated rings. The van der Waals surface area contributed by atoms with E-state index >= 15 is 0 Å². The van der Waals surface area contributed by atoms with E-state index in [2.05, 4.69) is 11.9 Å². The predicted molar refractivity (Wildman–Crippen MR) is 105 cm³/mol. The van der Waals surface area contributed by atoms with Crippen LogP contribution in [0.1, 0.15) is 53.3 Å². The zero-order valence-corrected chi connectivity index (χ0v) is 16.7. The molecule has 7 heteroatoms. The molecular formula is C21H23N3O3S. The van der Waals surface area contributed by atoms with E-state index < -0.39 is 5.72 Å². The van der Waals surface area contributed by atoms with Gasteiger partial charge in [0, 0.05) is 18.3 Å². The van der Waals surface area contributed by atoms with Crippen LogP contribution in [-0.2, 0) is 16.0 Å². The van der Waals surface area contributed by atoms with Gasteiger partial charge >= 0.3 is 0 Å². The van der Waals surface area contributed by atoms with Crippen molar-refractivity contribution in [2.75, 3.05) is 13.1 Å². The van der Waals surface area contributed by atoms with Crippen molar-refractivity contribution in [3.8, 4) is 0 Å². The molecule has 0 bridgehead atoms. The van der Waals surface area contributed by atoms with Crippen molar-refractivity contribution in [3.63, 3.8) is 0 Å². The maximum atomic E-state index is 13.1. The smallest absolute Gasteiger partial charge is 0.273 e. The highest BCUT2D eigenvalue weighted by atomic mass is 32.1. The Morgan fingerprint density at radius 3 is 2.96 bits per heavy atom. The van der Waals surface area contributed by atoms with Gasteiger partial charge in [0.05, 0.1) is 24.0 Å². The fraction of sp³-hybridized carbons (Fsp3) is 0.476. The topological polar surface area (TPSA) is 62.7 Å². The van der Waals surface area contributed by atoms with Crippen LogP contribution in [0, 0.1) is 0 Å². The first-order chi connectivity index (χ1) is 13.6. The average molecular weight is 398 g/mol. The Labute approximate surface area is 168 Å². The molecular weight excluding hydrogens is 374 g/mol. The molecule has 0 unspecified atom stereocenters. The van der Waals surface area contributed by atoms with Gasteiger partial charge in [0.1, 0.15) is 11.8 Å². The molecule has 5 rings (SSSR count). The number of carbonyl (C=O) groups excluding carboxylic acids is 2. The minimum Gasteiger partial charge on any atom is -0.343 e. The van der Waals surface area contributed by atoms with Crippen LogP contribution in [0.15, 0.2) is 35.7 Å². The summed E-state index contributed by atoms with van der Waals surface area (Å²) >= 11 is 1.54. The van der Waals surface area contributed by atoms with Gasteiger partial charge in [-0.15, -0.1) is 11.3 Å². The zero-order chi connectivity index (χ0) is 19.3. The van der Waals surface area contributed by atoms with Gasteiger partial charge in [-0.25, -0.2) is 4.98 Å². The molecule has 0 N–H and O–H groups in total. The zero-order valence-electron chi connectivity index (χ0n) is 15.8. The summed E-state index contributed by atoms with van der Waals surface area (Å²) in [6.07, 6.45) is 2.75. The molecule has 3 saturated heterocycles. The lowest BCUT2D eigenvalue weighted by atomic mass is 10.1. The molecule has 28 heavy (non-hydrogen) atoms. The number of benzene rings is 1. The van der Waals surface area contributed by atoms with Crippen molar-refractivity contribution >= 4 is 23.2 Å². The van der Waals surface area contributed by atoms with Crippen molar-refractivity contribution in [3.05, 3.63) is 52.0 Å². The van der Waals surface area contributed by atoms with Gasteiger partial charge in [-0.1, -0.05) is 37.3 Å². The lowest BCUT2D eigenvalue weighted by molar-refractivity contribution is -0.138. The number of amides is 2. The summed E-state index contributed by atoms with van der Waals surface area (Å²) in [7, 11) is 0. The first-order valence-electron chi connectivity index (χ1n) is 9.91. The quantitative estimate of drug-likeness (QED) is 0.796. The molecule has 4 heterocycles. The Balaban J connectivity index is 1.40. The highest BCUT2D eigenvalue weighted by molar-refractivity contribution is 7.09. The summed E-state index contributed by atoms with van der Waals surface area (Å²) in [6, 6.07) is 9.77. The second kappa shape index (κ2) is 6.67. The molecule has 3 atom stereocenters. The maximum Gasteiger partial charge on any atom is 0.273 e. The molecule has 1 aromatic carbocycles. The van der Waals surface area contributed by atoms with Crippen LogP contribution in [0.4, 0.5) is 0 Å². The normalized spacial score (nSPS) is 28.7. The minimum absolute atomic E-state index is 0.0749. The number of thiazole rings is 1. The molecule has 2 aromatic rings. The highest BCUT2D eigenvalue weighted by Gasteiger charge is 2.65. The molecule has 3 aliphatic rings. The molecule has 0 saturated carbocycles. The van der Waals surface area contributed by atoms with Crippen LogP contribution < -0.4 is 0 Å². The van der Waals surface area contributed by atoms with E-state index in [1.54, 1.807) is 0 Å². The van der Waals surface area contributed by atoms with E-state index in [4.69, 9.17) is 4.74 Å². The fourth-order valence-electron chi connectivity index (χ4n) is 4.79. The predicted octanol–water partition coefficient (Wildman–Crippen LogP) is 3.01. The number of likely N-dealkylation sites (tertiary alicyclic amines) is 1. The standard InChI is InChI=1S/C21H23N3O3S/c1-2-6-18-22-15(13-28-18)20(26)23-10-9-21-17(23)11-19(25)24(21)12-16(27-21)14-7-4-3-5-8-14/h3-5,7-8,13,16-17H,2,6,9-12H2,1H3/t16-,17-,21+/m1/s1. The summed E-state index contributed by atoms with van der Waals surface area (Å²) in [4.78, 5) is 34.1. The van der Waals surface area contributed by atoms with Crippen molar-refractivity contribution < 1.29 is 14.3 Å². The number of nitrogens with zero attached hydrogens (tertiary/aromatic N) is 3.